The maximum Gasteiger partial charge on any atom is 0.188 e. The smallest absolute Gasteiger partial charge is 0.188 e. The molecule has 0 aromatic heterocycles. The second kappa shape index (κ2) is 8.82. The van der Waals surface area contributed by atoms with Gasteiger partial charge in [0.1, 0.15) is 0 Å². The first kappa shape index (κ1) is 15.9. The van der Waals surface area contributed by atoms with Crippen LogP contribution >= 0.6 is 11.8 Å². The molecule has 106 valence electrons. The van der Waals surface area contributed by atoms with Crippen LogP contribution in [0.5, 0.6) is 0 Å². The molecule has 2 unspecified atom stereocenters. The van der Waals surface area contributed by atoms with E-state index in [2.05, 4.69) is 29.4 Å². The molecule has 0 radical (unpaired) electrons. The summed E-state index contributed by atoms with van der Waals surface area (Å²) in [5.74, 6) is 0.477. The Kier molecular flexibility index (Phi) is 7.36. The molecule has 4 nitrogen and oxygen atoms in total. The predicted octanol–water partition coefficient (Wildman–Crippen LogP) is 2.11. The summed E-state index contributed by atoms with van der Waals surface area (Å²) < 4.78 is 5.03. The van der Waals surface area contributed by atoms with Crippen LogP contribution in [-0.2, 0) is 4.74 Å². The van der Waals surface area contributed by atoms with E-state index in [1.807, 2.05) is 25.1 Å². The van der Waals surface area contributed by atoms with Crippen LogP contribution in [0.25, 0.3) is 0 Å². The lowest BCUT2D eigenvalue weighted by atomic mass is 10.4. The van der Waals surface area contributed by atoms with Gasteiger partial charge in [-0.25, -0.2) is 0 Å². The molecule has 0 saturated carbocycles. The zero-order valence-corrected chi connectivity index (χ0v) is 12.6. The molecule has 1 aromatic carbocycles. The number of hydrogen-bond donors (Lipinski definition) is 2. The van der Waals surface area contributed by atoms with E-state index in [4.69, 9.17) is 10.5 Å². The Morgan fingerprint density at radius 3 is 2.68 bits per heavy atom. The summed E-state index contributed by atoms with van der Waals surface area (Å²) in [4.78, 5) is 5.60. The summed E-state index contributed by atoms with van der Waals surface area (Å²) in [6.45, 7) is 5.46. The van der Waals surface area contributed by atoms with Gasteiger partial charge in [0.2, 0.25) is 0 Å². The van der Waals surface area contributed by atoms with Gasteiger partial charge in [-0.3, -0.25) is 4.99 Å². The van der Waals surface area contributed by atoms with Crippen molar-refractivity contribution in [2.45, 2.75) is 30.0 Å². The van der Waals surface area contributed by atoms with Crippen molar-refractivity contribution < 1.29 is 4.74 Å². The maximum absolute atomic E-state index is 5.82. The summed E-state index contributed by atoms with van der Waals surface area (Å²) >= 11 is 1.80. The SMILES string of the molecule is COCC(C)NC(N)=NCC(C)Sc1ccccc1. The molecule has 1 rings (SSSR count). The van der Waals surface area contributed by atoms with Gasteiger partial charge in [-0.1, -0.05) is 25.1 Å². The standard InChI is InChI=1S/C14H23N3OS/c1-11(10-18-3)17-14(15)16-9-12(2)19-13-7-5-4-6-8-13/h4-8,11-12H,9-10H2,1-3H3,(H3,15,16,17). The van der Waals surface area contributed by atoms with E-state index in [0.717, 1.165) is 0 Å². The number of ether oxygens (including phenoxy) is 1. The maximum atomic E-state index is 5.82. The van der Waals surface area contributed by atoms with Gasteiger partial charge in [0.15, 0.2) is 5.96 Å². The second-order valence-electron chi connectivity index (χ2n) is 4.47. The molecule has 1 aromatic rings. The molecule has 0 aliphatic rings. The lowest BCUT2D eigenvalue weighted by Gasteiger charge is -2.14. The summed E-state index contributed by atoms with van der Waals surface area (Å²) in [5.41, 5.74) is 5.82. The molecule has 3 N–H and O–H groups in total. The minimum Gasteiger partial charge on any atom is -0.383 e. The van der Waals surface area contributed by atoms with Crippen LogP contribution < -0.4 is 11.1 Å². The summed E-state index contributed by atoms with van der Waals surface area (Å²) in [6, 6.07) is 10.5. The first-order valence-electron chi connectivity index (χ1n) is 6.39. The molecular formula is C14H23N3OS. The molecule has 0 saturated heterocycles. The summed E-state index contributed by atoms with van der Waals surface area (Å²) in [5, 5.41) is 3.48. The molecule has 0 spiro atoms. The van der Waals surface area contributed by atoms with E-state index < -0.39 is 0 Å². The molecule has 19 heavy (non-hydrogen) atoms. The van der Waals surface area contributed by atoms with Crippen molar-refractivity contribution in [3.8, 4) is 0 Å². The van der Waals surface area contributed by atoms with Crippen LogP contribution in [0.4, 0.5) is 0 Å². The number of thioether (sulfide) groups is 1. The molecule has 0 heterocycles. The van der Waals surface area contributed by atoms with E-state index >= 15 is 0 Å². The largest absolute Gasteiger partial charge is 0.383 e. The van der Waals surface area contributed by atoms with E-state index in [9.17, 15) is 0 Å². The fourth-order valence-electron chi connectivity index (χ4n) is 1.59. The van der Waals surface area contributed by atoms with E-state index in [-0.39, 0.29) is 6.04 Å². The van der Waals surface area contributed by atoms with E-state index in [0.29, 0.717) is 24.4 Å². The minimum absolute atomic E-state index is 0.172. The quantitative estimate of drug-likeness (QED) is 0.456. The highest BCUT2D eigenvalue weighted by Crippen LogP contribution is 2.22. The van der Waals surface area contributed by atoms with Crippen LogP contribution in [0.15, 0.2) is 40.2 Å². The van der Waals surface area contributed by atoms with Crippen molar-refractivity contribution in [3.63, 3.8) is 0 Å². The van der Waals surface area contributed by atoms with Crippen molar-refractivity contribution >= 4 is 17.7 Å². The Morgan fingerprint density at radius 1 is 1.37 bits per heavy atom. The number of guanidine groups is 1. The van der Waals surface area contributed by atoms with Gasteiger partial charge in [0, 0.05) is 23.3 Å². The van der Waals surface area contributed by atoms with Crippen molar-refractivity contribution in [3.05, 3.63) is 30.3 Å². The molecule has 5 heteroatoms. The van der Waals surface area contributed by atoms with Gasteiger partial charge in [-0.15, -0.1) is 11.8 Å². The number of aliphatic imine (C=N–C) groups is 1. The van der Waals surface area contributed by atoms with Crippen LogP contribution in [0, 0.1) is 0 Å². The molecule has 0 aliphatic carbocycles. The van der Waals surface area contributed by atoms with Crippen LogP contribution in [0.3, 0.4) is 0 Å². The predicted molar refractivity (Wildman–Crippen MR) is 82.7 cm³/mol. The lowest BCUT2D eigenvalue weighted by Crippen LogP contribution is -2.41. The third kappa shape index (κ3) is 7.08. The number of nitrogens with zero attached hydrogens (tertiary/aromatic N) is 1. The average molecular weight is 281 g/mol. The number of benzene rings is 1. The molecule has 0 fully saturated rings. The summed E-state index contributed by atoms with van der Waals surface area (Å²) in [7, 11) is 1.67. The second-order valence-corrected chi connectivity index (χ2v) is 5.98. The van der Waals surface area contributed by atoms with E-state index in [1.165, 1.54) is 4.90 Å². The fraction of sp³-hybridized carbons (Fsp3) is 0.500. The van der Waals surface area contributed by atoms with Gasteiger partial charge in [0.05, 0.1) is 13.2 Å². The van der Waals surface area contributed by atoms with Crippen LogP contribution in [0.2, 0.25) is 0 Å². The summed E-state index contributed by atoms with van der Waals surface area (Å²) in [6.07, 6.45) is 0. The zero-order chi connectivity index (χ0) is 14.1. The topological polar surface area (TPSA) is 59.6 Å². The first-order chi connectivity index (χ1) is 9.11. The molecule has 0 aliphatic heterocycles. The van der Waals surface area contributed by atoms with Crippen molar-refractivity contribution in [1.82, 2.24) is 5.32 Å². The van der Waals surface area contributed by atoms with Gasteiger partial charge in [0.25, 0.3) is 0 Å². The highest BCUT2D eigenvalue weighted by Gasteiger charge is 2.05. The number of hydrogen-bond acceptors (Lipinski definition) is 3. The highest BCUT2D eigenvalue weighted by atomic mass is 32.2. The number of rotatable bonds is 7. The Balaban J connectivity index is 2.34. The number of methoxy groups -OCH3 is 1. The van der Waals surface area contributed by atoms with Gasteiger partial charge in [-0.05, 0) is 19.1 Å². The fourth-order valence-corrected chi connectivity index (χ4v) is 2.51. The number of nitrogens with two attached hydrogens (primary N) is 1. The average Bonchev–Trinajstić information content (AvgIpc) is 2.38. The number of nitrogens with one attached hydrogen (secondary N) is 1. The van der Waals surface area contributed by atoms with Crippen molar-refractivity contribution in [2.24, 2.45) is 10.7 Å². The molecule has 0 bridgehead atoms. The molecule has 2 atom stereocenters. The van der Waals surface area contributed by atoms with Gasteiger partial charge >= 0.3 is 0 Å². The zero-order valence-electron chi connectivity index (χ0n) is 11.8. The first-order valence-corrected chi connectivity index (χ1v) is 7.27. The third-order valence-electron chi connectivity index (χ3n) is 2.41. The van der Waals surface area contributed by atoms with Crippen LogP contribution in [-0.4, -0.2) is 37.5 Å². The van der Waals surface area contributed by atoms with Gasteiger partial charge in [-0.2, -0.15) is 0 Å². The Morgan fingerprint density at radius 2 is 2.05 bits per heavy atom. The highest BCUT2D eigenvalue weighted by molar-refractivity contribution is 8.00. The van der Waals surface area contributed by atoms with Gasteiger partial charge < -0.3 is 15.8 Å². The van der Waals surface area contributed by atoms with Crippen molar-refractivity contribution in [2.75, 3.05) is 20.3 Å². The Labute approximate surface area is 119 Å². The van der Waals surface area contributed by atoms with E-state index in [1.54, 1.807) is 18.9 Å². The van der Waals surface area contributed by atoms with Crippen LogP contribution in [0.1, 0.15) is 13.8 Å². The third-order valence-corrected chi connectivity index (χ3v) is 3.51. The molecule has 0 amide bonds. The lowest BCUT2D eigenvalue weighted by molar-refractivity contribution is 0.179. The monoisotopic (exact) mass is 281 g/mol. The minimum atomic E-state index is 0.172. The van der Waals surface area contributed by atoms with Crippen molar-refractivity contribution in [1.29, 1.82) is 0 Å². The Bertz CT molecular complexity index is 384. The normalized spacial score (nSPS) is 15.0. The molecular weight excluding hydrogens is 258 g/mol. The Hall–Kier alpha value is -1.20.